The fourth-order valence-corrected chi connectivity index (χ4v) is 11.3. The van der Waals surface area contributed by atoms with Crippen molar-refractivity contribution in [3.63, 3.8) is 0 Å². The van der Waals surface area contributed by atoms with E-state index in [4.69, 9.17) is 15.0 Å². The van der Waals surface area contributed by atoms with Gasteiger partial charge in [-0.1, -0.05) is 0 Å². The third-order valence-electron chi connectivity index (χ3n) is 13.0. The van der Waals surface area contributed by atoms with Gasteiger partial charge in [0.1, 0.15) is 0 Å². The summed E-state index contributed by atoms with van der Waals surface area (Å²) in [6, 6.07) is 7.28. The quantitative estimate of drug-likeness (QED) is 0.199. The Morgan fingerprint density at radius 2 is 0.667 bits per heavy atom. The Kier molecular flexibility index (Phi) is 4.63. The average molecular weight is 634 g/mol. The van der Waals surface area contributed by atoms with Crippen LogP contribution in [-0.2, 0) is 38.5 Å². The Morgan fingerprint density at radius 1 is 0.375 bits per heavy atom. The number of imidazole rings is 3. The van der Waals surface area contributed by atoms with Crippen LogP contribution in [0.5, 0.6) is 0 Å². The summed E-state index contributed by atoms with van der Waals surface area (Å²) in [5.41, 5.74) is 20.6. The zero-order valence-electron chi connectivity index (χ0n) is 27.5. The molecule has 48 heavy (non-hydrogen) atoms. The minimum Gasteiger partial charge on any atom is -0.371 e. The van der Waals surface area contributed by atoms with Crippen molar-refractivity contribution in [3.8, 4) is 0 Å². The van der Waals surface area contributed by atoms with E-state index in [1.807, 2.05) is 0 Å². The molecule has 240 valence electrons. The topological polar surface area (TPSA) is 61.6 Å². The second-order valence-electron chi connectivity index (χ2n) is 15.5. The molecular weight excluding hydrogens is 594 g/mol. The summed E-state index contributed by atoms with van der Waals surface area (Å²) in [6.45, 7) is 6.99. The Labute approximate surface area is 277 Å². The van der Waals surface area contributed by atoms with Gasteiger partial charge in [-0.05, 0) is 112 Å². The predicted molar refractivity (Wildman–Crippen MR) is 192 cm³/mol. The van der Waals surface area contributed by atoms with Gasteiger partial charge in [-0.25, -0.2) is 28.2 Å². The van der Waals surface area contributed by atoms with E-state index in [0.29, 0.717) is 0 Å². The third kappa shape index (κ3) is 2.96. The van der Waals surface area contributed by atoms with E-state index >= 15 is 0 Å². The van der Waals surface area contributed by atoms with Crippen molar-refractivity contribution < 1.29 is 0 Å². The summed E-state index contributed by atoms with van der Waals surface area (Å²) in [6.07, 6.45) is 14.0. The van der Waals surface area contributed by atoms with Gasteiger partial charge in [0.25, 0.3) is 0 Å². The SMILES string of the molecule is c1c2c3c(c4c1nc1n4c4nc5cc6c7c(c5n4c4nc5cc8c9c(c5n14)CCCN9CCC8)CCCN7CCC6)CCCN3CCC2. The molecule has 0 atom stereocenters. The lowest BCUT2D eigenvalue weighted by Gasteiger charge is -2.37. The van der Waals surface area contributed by atoms with Crippen molar-refractivity contribution in [2.45, 2.75) is 77.0 Å². The van der Waals surface area contributed by atoms with Gasteiger partial charge in [0.15, 0.2) is 0 Å². The number of hydrogen-bond donors (Lipinski definition) is 0. The second-order valence-corrected chi connectivity index (χ2v) is 15.5. The summed E-state index contributed by atoms with van der Waals surface area (Å²) in [7, 11) is 0. The van der Waals surface area contributed by atoms with Crippen LogP contribution in [0.25, 0.3) is 50.4 Å². The van der Waals surface area contributed by atoms with Gasteiger partial charge in [-0.15, -0.1) is 0 Å². The van der Waals surface area contributed by atoms with Crippen molar-refractivity contribution >= 4 is 67.5 Å². The van der Waals surface area contributed by atoms with E-state index in [-0.39, 0.29) is 0 Å². The molecule has 0 unspecified atom stereocenters. The van der Waals surface area contributed by atoms with E-state index in [1.165, 1.54) is 106 Å². The molecule has 0 saturated carbocycles. The van der Waals surface area contributed by atoms with Crippen LogP contribution in [0.1, 0.15) is 71.9 Å². The van der Waals surface area contributed by atoms with Crippen molar-refractivity contribution in [1.29, 1.82) is 0 Å². The van der Waals surface area contributed by atoms with E-state index in [9.17, 15) is 0 Å². The molecule has 3 aromatic carbocycles. The van der Waals surface area contributed by atoms with Gasteiger partial charge >= 0.3 is 0 Å². The van der Waals surface area contributed by atoms with Crippen molar-refractivity contribution in [1.82, 2.24) is 28.2 Å². The first-order valence-electron chi connectivity index (χ1n) is 18.8. The molecule has 0 aliphatic carbocycles. The molecule has 4 aromatic heterocycles. The van der Waals surface area contributed by atoms with Crippen LogP contribution in [0.4, 0.5) is 17.1 Å². The Hall–Kier alpha value is -4.53. The lowest BCUT2D eigenvalue weighted by atomic mass is 9.91. The van der Waals surface area contributed by atoms with Gasteiger partial charge in [-0.3, -0.25) is 0 Å². The van der Waals surface area contributed by atoms with Crippen LogP contribution in [0.15, 0.2) is 18.2 Å². The number of anilines is 3. The highest BCUT2D eigenvalue weighted by Gasteiger charge is 2.34. The lowest BCUT2D eigenvalue weighted by molar-refractivity contribution is 0.636. The third-order valence-corrected chi connectivity index (χ3v) is 13.0. The highest BCUT2D eigenvalue weighted by Crippen LogP contribution is 2.45. The molecule has 0 N–H and O–H groups in total. The molecule has 9 heteroatoms. The van der Waals surface area contributed by atoms with Crippen LogP contribution >= 0.6 is 0 Å². The van der Waals surface area contributed by atoms with Crippen LogP contribution in [0.3, 0.4) is 0 Å². The first-order valence-corrected chi connectivity index (χ1v) is 18.8. The monoisotopic (exact) mass is 633 g/mol. The fourth-order valence-electron chi connectivity index (χ4n) is 11.3. The van der Waals surface area contributed by atoms with Crippen molar-refractivity contribution in [3.05, 3.63) is 51.6 Å². The summed E-state index contributed by atoms with van der Waals surface area (Å²) >= 11 is 0. The normalized spacial score (nSPS) is 20.1. The Balaban J connectivity index is 1.29. The van der Waals surface area contributed by atoms with E-state index in [0.717, 1.165) is 112 Å². The number of benzene rings is 3. The zero-order chi connectivity index (χ0) is 30.8. The number of nitrogens with zero attached hydrogens (tertiary/aromatic N) is 9. The highest BCUT2D eigenvalue weighted by molar-refractivity contribution is 5.99. The fraction of sp³-hybridized carbons (Fsp3) is 0.462. The molecule has 0 fully saturated rings. The summed E-state index contributed by atoms with van der Waals surface area (Å²) in [5, 5.41) is 0. The first kappa shape index (κ1) is 25.5. The molecule has 6 aliphatic heterocycles. The molecule has 0 radical (unpaired) electrons. The zero-order valence-corrected chi connectivity index (χ0v) is 27.5. The lowest BCUT2D eigenvalue weighted by Crippen LogP contribution is -2.34. The number of rotatable bonds is 0. The van der Waals surface area contributed by atoms with Crippen LogP contribution < -0.4 is 14.7 Å². The smallest absolute Gasteiger partial charge is 0.225 e. The predicted octanol–water partition coefficient (Wildman–Crippen LogP) is 6.19. The van der Waals surface area contributed by atoms with Gasteiger partial charge in [-0.2, -0.15) is 0 Å². The molecule has 0 saturated heterocycles. The molecule has 6 aliphatic rings. The average Bonchev–Trinajstić information content (AvgIpc) is 3.81. The van der Waals surface area contributed by atoms with E-state index < -0.39 is 0 Å². The minimum absolute atomic E-state index is 0.977. The van der Waals surface area contributed by atoms with Crippen molar-refractivity contribution in [2.24, 2.45) is 0 Å². The molecular formula is C39H39N9. The standard InChI is InChI=1S/C39H39N9/c1-7-22-19-28-34(25-10-4-16-43(13-1)31(22)25)46-37(40-28)47-35-26-11-5-17-44-14-2-8-23(32(26)44)20-29(35)42-39(47)48-36-27-12-6-18-45-15-3-9-24(33(27)45)21-30(36)41-38(46)48/h19-21H,1-18H2. The van der Waals surface area contributed by atoms with Crippen molar-refractivity contribution in [2.75, 3.05) is 54.0 Å². The molecule has 13 rings (SSSR count). The Morgan fingerprint density at radius 3 is 0.979 bits per heavy atom. The van der Waals surface area contributed by atoms with Gasteiger partial charge in [0.05, 0.1) is 33.1 Å². The van der Waals surface area contributed by atoms with Gasteiger partial charge in [0, 0.05) is 73.0 Å². The molecule has 10 heterocycles. The van der Waals surface area contributed by atoms with Crippen LogP contribution in [0.2, 0.25) is 0 Å². The van der Waals surface area contributed by atoms with Gasteiger partial charge < -0.3 is 14.7 Å². The minimum atomic E-state index is 0.977. The van der Waals surface area contributed by atoms with Gasteiger partial charge in [0.2, 0.25) is 17.3 Å². The number of aryl methyl sites for hydroxylation is 6. The maximum atomic E-state index is 5.61. The maximum Gasteiger partial charge on any atom is 0.225 e. The summed E-state index contributed by atoms with van der Waals surface area (Å²) in [5.74, 6) is 2.93. The van der Waals surface area contributed by atoms with E-state index in [2.05, 4.69) is 46.1 Å². The number of fused-ring (bicyclic) bond motifs is 15. The second kappa shape index (κ2) is 8.73. The molecule has 0 bridgehead atoms. The van der Waals surface area contributed by atoms with Crippen LogP contribution in [-0.4, -0.2) is 67.4 Å². The number of hydrogen-bond acceptors (Lipinski definition) is 6. The summed E-state index contributed by atoms with van der Waals surface area (Å²) in [4.78, 5) is 24.8. The first-order chi connectivity index (χ1) is 23.8. The number of aromatic nitrogens is 6. The van der Waals surface area contributed by atoms with E-state index in [1.54, 1.807) is 0 Å². The summed E-state index contributed by atoms with van der Waals surface area (Å²) < 4.78 is 7.41. The van der Waals surface area contributed by atoms with Crippen LogP contribution in [0, 0.1) is 0 Å². The largest absolute Gasteiger partial charge is 0.371 e. The molecule has 0 amide bonds. The molecule has 9 nitrogen and oxygen atoms in total. The molecule has 0 spiro atoms. The highest BCUT2D eigenvalue weighted by atomic mass is 15.3. The Bertz CT molecular complexity index is 2300. The molecule has 7 aromatic rings. The maximum absolute atomic E-state index is 5.61.